The Morgan fingerprint density at radius 3 is 3.00 bits per heavy atom. The molecule has 0 spiro atoms. The molecule has 1 unspecified atom stereocenters. The number of fused-ring (bicyclic) bond motifs is 1. The van der Waals surface area contributed by atoms with Gasteiger partial charge < -0.3 is 14.7 Å². The minimum absolute atomic E-state index is 0.0561. The number of aromatic nitrogens is 1. The minimum Gasteiger partial charge on any atom is -0.479 e. The van der Waals surface area contributed by atoms with Crippen molar-refractivity contribution in [2.75, 3.05) is 18.1 Å². The summed E-state index contributed by atoms with van der Waals surface area (Å²) in [4.78, 5) is 18.8. The topological polar surface area (TPSA) is 62.7 Å². The van der Waals surface area contributed by atoms with E-state index < -0.39 is 6.10 Å². The highest BCUT2D eigenvalue weighted by molar-refractivity contribution is 7.09. The number of amides is 1. The quantitative estimate of drug-likeness (QED) is 0.872. The summed E-state index contributed by atoms with van der Waals surface area (Å²) >= 11 is 1.67. The van der Waals surface area contributed by atoms with E-state index in [0.717, 1.165) is 34.8 Å². The summed E-state index contributed by atoms with van der Waals surface area (Å²) in [5.74, 6) is 0.630. The van der Waals surface area contributed by atoms with E-state index in [-0.39, 0.29) is 12.5 Å². The van der Waals surface area contributed by atoms with Crippen LogP contribution in [0.25, 0.3) is 11.3 Å². The summed E-state index contributed by atoms with van der Waals surface area (Å²) in [6.45, 7) is 4.43. The smallest absolute Gasteiger partial charge is 0.267 e. The lowest BCUT2D eigenvalue weighted by molar-refractivity contribution is -0.125. The van der Waals surface area contributed by atoms with Gasteiger partial charge >= 0.3 is 0 Å². The third-order valence-electron chi connectivity index (χ3n) is 4.02. The first-order valence-electron chi connectivity index (χ1n) is 8.31. The average Bonchev–Trinajstić information content (AvgIpc) is 3.04. The molecule has 3 rings (SSSR count). The summed E-state index contributed by atoms with van der Waals surface area (Å²) in [5, 5.41) is 12.3. The van der Waals surface area contributed by atoms with Crippen molar-refractivity contribution in [2.45, 2.75) is 39.2 Å². The van der Waals surface area contributed by atoms with E-state index in [0.29, 0.717) is 18.7 Å². The summed E-state index contributed by atoms with van der Waals surface area (Å²) < 4.78 is 5.72. The molecule has 5 nitrogen and oxygen atoms in total. The Balaban J connectivity index is 1.95. The van der Waals surface area contributed by atoms with Gasteiger partial charge in [0.1, 0.15) is 5.75 Å². The second-order valence-electron chi connectivity index (χ2n) is 5.89. The first-order valence-corrected chi connectivity index (χ1v) is 9.19. The molecule has 2 heterocycles. The number of ether oxygens (including phenoxy) is 1. The zero-order valence-corrected chi connectivity index (χ0v) is 14.8. The zero-order valence-electron chi connectivity index (χ0n) is 14.0. The number of aliphatic hydroxyl groups excluding tert-OH is 1. The van der Waals surface area contributed by atoms with Crippen LogP contribution in [0.3, 0.4) is 0 Å². The van der Waals surface area contributed by atoms with Crippen LogP contribution in [-0.4, -0.2) is 35.3 Å². The van der Waals surface area contributed by atoms with Crippen LogP contribution in [-0.2, 0) is 11.2 Å². The number of aryl methyl sites for hydroxylation is 1. The Morgan fingerprint density at radius 2 is 2.25 bits per heavy atom. The van der Waals surface area contributed by atoms with Crippen LogP contribution < -0.4 is 9.64 Å². The van der Waals surface area contributed by atoms with Gasteiger partial charge in [-0.3, -0.25) is 4.79 Å². The molecule has 1 N–H and O–H groups in total. The van der Waals surface area contributed by atoms with E-state index in [2.05, 4.69) is 17.3 Å². The van der Waals surface area contributed by atoms with Crippen LogP contribution in [0.4, 0.5) is 5.69 Å². The lowest BCUT2D eigenvalue weighted by Gasteiger charge is -2.33. The molecule has 0 saturated carbocycles. The van der Waals surface area contributed by atoms with Crippen molar-refractivity contribution in [2.24, 2.45) is 0 Å². The van der Waals surface area contributed by atoms with Gasteiger partial charge in [0.25, 0.3) is 5.91 Å². The molecule has 1 aromatic heterocycles. The predicted molar refractivity (Wildman–Crippen MR) is 95.7 cm³/mol. The fourth-order valence-corrected chi connectivity index (χ4v) is 3.71. The Labute approximate surface area is 145 Å². The molecule has 24 heavy (non-hydrogen) atoms. The van der Waals surface area contributed by atoms with Gasteiger partial charge in [-0.1, -0.05) is 6.92 Å². The number of thiazole rings is 1. The van der Waals surface area contributed by atoms with Crippen LogP contribution >= 0.6 is 11.3 Å². The van der Waals surface area contributed by atoms with Gasteiger partial charge in [-0.25, -0.2) is 4.98 Å². The van der Waals surface area contributed by atoms with Crippen molar-refractivity contribution in [3.63, 3.8) is 0 Å². The lowest BCUT2D eigenvalue weighted by Crippen LogP contribution is -2.45. The molecule has 1 amide bonds. The molecule has 0 saturated heterocycles. The summed E-state index contributed by atoms with van der Waals surface area (Å²) in [6.07, 6.45) is 2.10. The molecular weight excluding hydrogens is 324 g/mol. The molecule has 0 radical (unpaired) electrons. The molecule has 128 valence electrons. The van der Waals surface area contributed by atoms with Gasteiger partial charge in [0.05, 0.1) is 16.4 Å². The maximum atomic E-state index is 12.4. The van der Waals surface area contributed by atoms with Gasteiger partial charge in [0.15, 0.2) is 6.10 Å². The van der Waals surface area contributed by atoms with Crippen molar-refractivity contribution in [3.8, 4) is 17.0 Å². The maximum absolute atomic E-state index is 12.4. The van der Waals surface area contributed by atoms with Crippen LogP contribution in [0.1, 0.15) is 31.7 Å². The number of hydrogen-bond donors (Lipinski definition) is 1. The standard InChI is InChI=1S/C18H22N2O3S/c1-3-5-17-19-14(11-24-17)13-6-7-16-15(10-13)20(8-4-9-21)18(22)12(2)23-16/h6-7,10-12,21H,3-5,8-9H2,1-2H3. The first-order chi connectivity index (χ1) is 11.6. The zero-order chi connectivity index (χ0) is 17.1. The highest BCUT2D eigenvalue weighted by atomic mass is 32.1. The number of carbonyl (C=O) groups is 1. The van der Waals surface area contributed by atoms with Gasteiger partial charge in [-0.2, -0.15) is 0 Å². The molecule has 0 bridgehead atoms. The van der Waals surface area contributed by atoms with Crippen LogP contribution in [0.15, 0.2) is 23.6 Å². The van der Waals surface area contributed by atoms with Crippen molar-refractivity contribution in [1.29, 1.82) is 0 Å². The van der Waals surface area contributed by atoms with E-state index in [4.69, 9.17) is 9.84 Å². The number of benzene rings is 1. The first kappa shape index (κ1) is 16.9. The van der Waals surface area contributed by atoms with Crippen molar-refractivity contribution in [3.05, 3.63) is 28.6 Å². The number of aliphatic hydroxyl groups is 1. The minimum atomic E-state index is -0.502. The lowest BCUT2D eigenvalue weighted by atomic mass is 10.1. The highest BCUT2D eigenvalue weighted by Gasteiger charge is 2.31. The van der Waals surface area contributed by atoms with Crippen LogP contribution in [0.5, 0.6) is 5.75 Å². The molecule has 6 heteroatoms. The monoisotopic (exact) mass is 346 g/mol. The highest BCUT2D eigenvalue weighted by Crippen LogP contribution is 2.37. The van der Waals surface area contributed by atoms with E-state index in [1.807, 2.05) is 18.2 Å². The van der Waals surface area contributed by atoms with Gasteiger partial charge in [-0.05, 0) is 44.4 Å². The van der Waals surface area contributed by atoms with E-state index in [1.54, 1.807) is 23.2 Å². The van der Waals surface area contributed by atoms with Crippen molar-refractivity contribution >= 4 is 22.9 Å². The fourth-order valence-electron chi connectivity index (χ4n) is 2.80. The van der Waals surface area contributed by atoms with Crippen molar-refractivity contribution in [1.82, 2.24) is 4.98 Å². The Kier molecular flexibility index (Phi) is 5.16. The predicted octanol–water partition coefficient (Wildman–Crippen LogP) is 3.26. The summed E-state index contributed by atoms with van der Waals surface area (Å²) in [6, 6.07) is 5.84. The SMILES string of the molecule is CCCc1nc(-c2ccc3c(c2)N(CCCO)C(=O)C(C)O3)cs1. The van der Waals surface area contributed by atoms with E-state index in [1.165, 1.54) is 0 Å². The molecular formula is C18H22N2O3S. The molecule has 0 aliphatic carbocycles. The number of rotatable bonds is 6. The largest absolute Gasteiger partial charge is 0.479 e. The molecule has 2 aromatic rings. The number of nitrogens with zero attached hydrogens (tertiary/aromatic N) is 2. The average molecular weight is 346 g/mol. The van der Waals surface area contributed by atoms with Gasteiger partial charge in [0.2, 0.25) is 0 Å². The van der Waals surface area contributed by atoms with Gasteiger partial charge in [-0.15, -0.1) is 11.3 Å². The van der Waals surface area contributed by atoms with Crippen molar-refractivity contribution < 1.29 is 14.6 Å². The number of anilines is 1. The van der Waals surface area contributed by atoms with Crippen LogP contribution in [0, 0.1) is 0 Å². The Morgan fingerprint density at radius 1 is 1.42 bits per heavy atom. The summed E-state index contributed by atoms with van der Waals surface area (Å²) in [7, 11) is 0. The fraction of sp³-hybridized carbons (Fsp3) is 0.444. The van der Waals surface area contributed by atoms with E-state index >= 15 is 0 Å². The summed E-state index contributed by atoms with van der Waals surface area (Å²) in [5.41, 5.74) is 2.67. The van der Waals surface area contributed by atoms with Crippen LogP contribution in [0.2, 0.25) is 0 Å². The maximum Gasteiger partial charge on any atom is 0.267 e. The Hall–Kier alpha value is -1.92. The molecule has 1 atom stereocenters. The molecule has 0 fully saturated rings. The molecule has 1 aliphatic heterocycles. The second kappa shape index (κ2) is 7.32. The molecule has 1 aromatic carbocycles. The normalized spacial score (nSPS) is 16.9. The van der Waals surface area contributed by atoms with E-state index in [9.17, 15) is 4.79 Å². The number of hydrogen-bond acceptors (Lipinski definition) is 5. The second-order valence-corrected chi connectivity index (χ2v) is 6.83. The Bertz CT molecular complexity index is 729. The third kappa shape index (κ3) is 3.30. The number of carbonyl (C=O) groups excluding carboxylic acids is 1. The third-order valence-corrected chi connectivity index (χ3v) is 4.93. The van der Waals surface area contributed by atoms with Gasteiger partial charge in [0, 0.05) is 24.1 Å². The molecule has 1 aliphatic rings.